The van der Waals surface area contributed by atoms with Crippen LogP contribution < -0.4 is 5.32 Å². The summed E-state index contributed by atoms with van der Waals surface area (Å²) in [5, 5.41) is 3.18. The molecule has 0 amide bonds. The van der Waals surface area contributed by atoms with Crippen molar-refractivity contribution in [2.75, 3.05) is 5.32 Å². The van der Waals surface area contributed by atoms with E-state index in [1.54, 1.807) is 0 Å². The first-order chi connectivity index (χ1) is 8.13. The number of rotatable bonds is 3. The van der Waals surface area contributed by atoms with Crippen LogP contribution in [0.3, 0.4) is 0 Å². The normalized spacial score (nSPS) is 10.3. The molecule has 1 aromatic carbocycles. The van der Waals surface area contributed by atoms with Crippen LogP contribution in [0.5, 0.6) is 0 Å². The third-order valence-corrected chi connectivity index (χ3v) is 2.75. The van der Waals surface area contributed by atoms with E-state index >= 15 is 0 Å². The van der Waals surface area contributed by atoms with E-state index in [9.17, 15) is 0 Å². The quantitative estimate of drug-likeness (QED) is 0.945. The smallest absolute Gasteiger partial charge is 0.226 e. The van der Waals surface area contributed by atoms with Gasteiger partial charge in [-0.1, -0.05) is 28.1 Å². The second-order valence-electron chi connectivity index (χ2n) is 3.73. The second kappa shape index (κ2) is 5.23. The van der Waals surface area contributed by atoms with Crippen molar-refractivity contribution in [3.63, 3.8) is 0 Å². The molecule has 2 aromatic rings. The summed E-state index contributed by atoms with van der Waals surface area (Å²) in [5.74, 6) is 2.09. The average molecular weight is 293 g/mol. The number of hydrogen-bond donors (Lipinski definition) is 1. The van der Waals surface area contributed by atoms with E-state index in [0.29, 0.717) is 12.5 Å². The molecule has 1 heterocycles. The predicted octanol–water partition coefficient (Wildman–Crippen LogP) is 2.86. The number of aromatic nitrogens is 3. The largest absolute Gasteiger partial charge is 0.350 e. The molecule has 88 valence electrons. The van der Waals surface area contributed by atoms with E-state index < -0.39 is 0 Å². The van der Waals surface area contributed by atoms with E-state index in [0.717, 1.165) is 16.1 Å². The zero-order valence-corrected chi connectivity index (χ0v) is 11.3. The van der Waals surface area contributed by atoms with Gasteiger partial charge in [0.2, 0.25) is 5.95 Å². The van der Waals surface area contributed by atoms with Gasteiger partial charge >= 0.3 is 0 Å². The van der Waals surface area contributed by atoms with Crippen molar-refractivity contribution in [2.24, 2.45) is 0 Å². The van der Waals surface area contributed by atoms with Gasteiger partial charge in [0.05, 0.1) is 0 Å². The van der Waals surface area contributed by atoms with Crippen LogP contribution in [-0.4, -0.2) is 15.0 Å². The number of benzene rings is 1. The maximum Gasteiger partial charge on any atom is 0.226 e. The van der Waals surface area contributed by atoms with Crippen LogP contribution in [0.25, 0.3) is 0 Å². The fourth-order valence-corrected chi connectivity index (χ4v) is 1.74. The van der Waals surface area contributed by atoms with Gasteiger partial charge in [-0.15, -0.1) is 0 Å². The van der Waals surface area contributed by atoms with Crippen molar-refractivity contribution in [3.05, 3.63) is 46.0 Å². The molecule has 5 heteroatoms. The summed E-state index contributed by atoms with van der Waals surface area (Å²) in [6.07, 6.45) is 0. The van der Waals surface area contributed by atoms with E-state index in [4.69, 9.17) is 0 Å². The number of halogens is 1. The lowest BCUT2D eigenvalue weighted by Crippen LogP contribution is -2.06. The number of aryl methyl sites for hydroxylation is 2. The van der Waals surface area contributed by atoms with Gasteiger partial charge in [0, 0.05) is 11.0 Å². The standard InChI is InChI=1S/C12H13BrN4/c1-8-15-9(2)17-12(16-8)14-7-10-3-5-11(13)6-4-10/h3-6H,7H2,1-2H3,(H,14,15,16,17). The summed E-state index contributed by atoms with van der Waals surface area (Å²) in [6, 6.07) is 8.14. The summed E-state index contributed by atoms with van der Waals surface area (Å²) < 4.78 is 1.08. The Morgan fingerprint density at radius 2 is 1.59 bits per heavy atom. The van der Waals surface area contributed by atoms with Crippen LogP contribution in [0.15, 0.2) is 28.7 Å². The minimum Gasteiger partial charge on any atom is -0.350 e. The molecule has 0 unspecified atom stereocenters. The van der Waals surface area contributed by atoms with Gasteiger partial charge in [-0.2, -0.15) is 9.97 Å². The Morgan fingerprint density at radius 3 is 2.18 bits per heavy atom. The first kappa shape index (κ1) is 12.0. The van der Waals surface area contributed by atoms with Crippen molar-refractivity contribution in [1.82, 2.24) is 15.0 Å². The van der Waals surface area contributed by atoms with Gasteiger partial charge in [0.25, 0.3) is 0 Å². The third-order valence-electron chi connectivity index (χ3n) is 2.22. The molecular weight excluding hydrogens is 280 g/mol. The lowest BCUT2D eigenvalue weighted by molar-refractivity contribution is 0.908. The van der Waals surface area contributed by atoms with Crippen LogP contribution in [0.1, 0.15) is 17.2 Å². The molecule has 4 nitrogen and oxygen atoms in total. The average Bonchev–Trinajstić information content (AvgIpc) is 2.27. The molecule has 0 aliphatic rings. The van der Waals surface area contributed by atoms with Crippen LogP contribution in [-0.2, 0) is 6.54 Å². The molecule has 0 fully saturated rings. The molecule has 1 aromatic heterocycles. The van der Waals surface area contributed by atoms with E-state index in [-0.39, 0.29) is 0 Å². The number of hydrogen-bond acceptors (Lipinski definition) is 4. The molecule has 0 aliphatic carbocycles. The molecule has 0 bridgehead atoms. The Kier molecular flexibility index (Phi) is 3.68. The Bertz CT molecular complexity index is 490. The fraction of sp³-hybridized carbons (Fsp3) is 0.250. The minimum absolute atomic E-state index is 0.623. The molecule has 0 aliphatic heterocycles. The van der Waals surface area contributed by atoms with Crippen LogP contribution >= 0.6 is 15.9 Å². The Balaban J connectivity index is 2.04. The van der Waals surface area contributed by atoms with Crippen molar-refractivity contribution in [2.45, 2.75) is 20.4 Å². The van der Waals surface area contributed by atoms with Crippen LogP contribution in [0.4, 0.5) is 5.95 Å². The van der Waals surface area contributed by atoms with Gasteiger partial charge in [-0.3, -0.25) is 0 Å². The van der Waals surface area contributed by atoms with Gasteiger partial charge in [0.1, 0.15) is 11.6 Å². The number of anilines is 1. The summed E-state index contributed by atoms with van der Waals surface area (Å²) in [5.41, 5.74) is 1.18. The molecular formula is C12H13BrN4. The van der Waals surface area contributed by atoms with Crippen molar-refractivity contribution < 1.29 is 0 Å². The van der Waals surface area contributed by atoms with Gasteiger partial charge in [-0.05, 0) is 31.5 Å². The molecule has 0 saturated heterocycles. The maximum atomic E-state index is 4.22. The SMILES string of the molecule is Cc1nc(C)nc(NCc2ccc(Br)cc2)n1. The van der Waals surface area contributed by atoms with E-state index in [1.807, 2.05) is 26.0 Å². The van der Waals surface area contributed by atoms with E-state index in [1.165, 1.54) is 5.56 Å². The van der Waals surface area contributed by atoms with Crippen LogP contribution in [0, 0.1) is 13.8 Å². The molecule has 2 rings (SSSR count). The zero-order valence-electron chi connectivity index (χ0n) is 9.74. The highest BCUT2D eigenvalue weighted by Gasteiger charge is 2.00. The second-order valence-corrected chi connectivity index (χ2v) is 4.65. The monoisotopic (exact) mass is 292 g/mol. The highest BCUT2D eigenvalue weighted by atomic mass is 79.9. The van der Waals surface area contributed by atoms with Gasteiger partial charge in [-0.25, -0.2) is 4.98 Å². The fourth-order valence-electron chi connectivity index (χ4n) is 1.48. The first-order valence-electron chi connectivity index (χ1n) is 5.31. The highest BCUT2D eigenvalue weighted by molar-refractivity contribution is 9.10. The summed E-state index contributed by atoms with van der Waals surface area (Å²) >= 11 is 3.41. The lowest BCUT2D eigenvalue weighted by Gasteiger charge is -2.06. The Hall–Kier alpha value is -1.49. The highest BCUT2D eigenvalue weighted by Crippen LogP contribution is 2.11. The minimum atomic E-state index is 0.623. The van der Waals surface area contributed by atoms with Crippen molar-refractivity contribution in [1.29, 1.82) is 0 Å². The summed E-state index contributed by atoms with van der Waals surface area (Å²) in [7, 11) is 0. The zero-order chi connectivity index (χ0) is 12.3. The molecule has 0 spiro atoms. The third kappa shape index (κ3) is 3.49. The molecule has 0 atom stereocenters. The Morgan fingerprint density at radius 1 is 1.00 bits per heavy atom. The van der Waals surface area contributed by atoms with Gasteiger partial charge < -0.3 is 5.32 Å². The van der Waals surface area contributed by atoms with E-state index in [2.05, 4.69) is 48.3 Å². The van der Waals surface area contributed by atoms with Crippen molar-refractivity contribution >= 4 is 21.9 Å². The molecule has 0 saturated carbocycles. The Labute approximate surface area is 109 Å². The predicted molar refractivity (Wildman–Crippen MR) is 70.8 cm³/mol. The van der Waals surface area contributed by atoms with Gasteiger partial charge in [0.15, 0.2) is 0 Å². The molecule has 17 heavy (non-hydrogen) atoms. The number of nitrogens with one attached hydrogen (secondary N) is 1. The van der Waals surface area contributed by atoms with Crippen LogP contribution in [0.2, 0.25) is 0 Å². The molecule has 0 radical (unpaired) electrons. The lowest BCUT2D eigenvalue weighted by atomic mass is 10.2. The maximum absolute atomic E-state index is 4.22. The van der Waals surface area contributed by atoms with Crippen molar-refractivity contribution in [3.8, 4) is 0 Å². The molecule has 1 N–H and O–H groups in total. The first-order valence-corrected chi connectivity index (χ1v) is 6.10. The summed E-state index contributed by atoms with van der Waals surface area (Å²) in [4.78, 5) is 12.6. The summed E-state index contributed by atoms with van der Waals surface area (Å²) in [6.45, 7) is 4.43. The number of nitrogens with zero attached hydrogens (tertiary/aromatic N) is 3. The topological polar surface area (TPSA) is 50.7 Å².